The number of carbonyl (C=O) groups is 1. The Morgan fingerprint density at radius 2 is 2.11 bits per heavy atom. The Kier molecular flexibility index (Phi) is 5.23. The van der Waals surface area contributed by atoms with Crippen molar-refractivity contribution in [2.75, 3.05) is 6.61 Å². The van der Waals surface area contributed by atoms with Crippen molar-refractivity contribution in [2.45, 2.75) is 32.9 Å². The van der Waals surface area contributed by atoms with Crippen molar-refractivity contribution in [2.24, 2.45) is 5.92 Å². The van der Waals surface area contributed by atoms with Gasteiger partial charge in [0.05, 0.1) is 29.5 Å². The van der Waals surface area contributed by atoms with Crippen molar-refractivity contribution in [3.8, 4) is 5.69 Å². The number of hydrogen-bond acceptors (Lipinski definition) is 5. The molecule has 1 aliphatic heterocycles. The summed E-state index contributed by atoms with van der Waals surface area (Å²) in [7, 11) is 0. The average Bonchev–Trinajstić information content (AvgIpc) is 3.40. The van der Waals surface area contributed by atoms with Gasteiger partial charge in [-0.2, -0.15) is 5.10 Å². The first-order valence-electron chi connectivity index (χ1n) is 9.15. The van der Waals surface area contributed by atoms with E-state index in [0.29, 0.717) is 19.6 Å². The highest BCUT2D eigenvalue weighted by Crippen LogP contribution is 2.35. The molecule has 3 heterocycles. The van der Waals surface area contributed by atoms with Crippen LogP contribution in [0.2, 0.25) is 0 Å². The summed E-state index contributed by atoms with van der Waals surface area (Å²) in [5.74, 6) is -0.669. The van der Waals surface area contributed by atoms with Gasteiger partial charge in [-0.05, 0) is 50.6 Å². The fraction of sp³-hybridized carbons (Fsp3) is 0.350. The van der Waals surface area contributed by atoms with E-state index in [2.05, 4.69) is 15.4 Å². The van der Waals surface area contributed by atoms with Crippen LogP contribution in [-0.2, 0) is 16.1 Å². The lowest BCUT2D eigenvalue weighted by molar-refractivity contribution is -0.127. The molecule has 2 atom stereocenters. The molecule has 0 saturated carbocycles. The van der Waals surface area contributed by atoms with Crippen molar-refractivity contribution in [3.63, 3.8) is 0 Å². The molecule has 3 aromatic rings. The summed E-state index contributed by atoms with van der Waals surface area (Å²) in [4.78, 5) is 18.4. The minimum atomic E-state index is -0.396. The third-order valence-electron chi connectivity index (χ3n) is 4.95. The largest absolute Gasteiger partial charge is 0.371 e. The van der Waals surface area contributed by atoms with E-state index in [1.54, 1.807) is 34.3 Å². The number of thiazole rings is 1. The molecular weight excluding hydrogens is 379 g/mol. The lowest BCUT2D eigenvalue weighted by Crippen LogP contribution is -2.32. The van der Waals surface area contributed by atoms with E-state index in [-0.39, 0.29) is 17.6 Å². The number of ether oxygens (including phenoxy) is 1. The minimum absolute atomic E-state index is 0.0557. The van der Waals surface area contributed by atoms with Crippen molar-refractivity contribution in [1.82, 2.24) is 20.1 Å². The van der Waals surface area contributed by atoms with E-state index in [1.165, 1.54) is 12.1 Å². The van der Waals surface area contributed by atoms with Crippen LogP contribution in [-0.4, -0.2) is 27.3 Å². The third-order valence-corrected chi connectivity index (χ3v) is 6.02. The van der Waals surface area contributed by atoms with Crippen LogP contribution in [0.3, 0.4) is 0 Å². The SMILES string of the molecule is Cc1nc(CNC(=O)[C@H]2CCO[C@@H]2c2ccnn2-c2ccc(F)cc2)sc1C. The smallest absolute Gasteiger partial charge is 0.226 e. The summed E-state index contributed by atoms with van der Waals surface area (Å²) in [6.07, 6.45) is 1.91. The Balaban J connectivity index is 1.50. The van der Waals surface area contributed by atoms with E-state index in [4.69, 9.17) is 4.74 Å². The number of aryl methyl sites for hydroxylation is 2. The van der Waals surface area contributed by atoms with Gasteiger partial charge in [0.1, 0.15) is 16.9 Å². The van der Waals surface area contributed by atoms with E-state index in [0.717, 1.165) is 27.0 Å². The van der Waals surface area contributed by atoms with Gasteiger partial charge in [-0.25, -0.2) is 14.1 Å². The number of aromatic nitrogens is 3. The fourth-order valence-corrected chi connectivity index (χ4v) is 4.26. The van der Waals surface area contributed by atoms with Crippen LogP contribution in [0.1, 0.15) is 33.8 Å². The molecule has 1 aromatic carbocycles. The van der Waals surface area contributed by atoms with Crippen LogP contribution < -0.4 is 5.32 Å². The number of hydrogen-bond donors (Lipinski definition) is 1. The summed E-state index contributed by atoms with van der Waals surface area (Å²) >= 11 is 1.60. The summed E-state index contributed by atoms with van der Waals surface area (Å²) in [6, 6.07) is 7.93. The first-order chi connectivity index (χ1) is 13.5. The van der Waals surface area contributed by atoms with Gasteiger partial charge in [0.15, 0.2) is 0 Å². The second-order valence-electron chi connectivity index (χ2n) is 6.80. The molecule has 146 valence electrons. The first-order valence-corrected chi connectivity index (χ1v) is 9.96. The molecule has 0 aliphatic carbocycles. The van der Waals surface area contributed by atoms with Crippen LogP contribution in [0.5, 0.6) is 0 Å². The maximum Gasteiger partial charge on any atom is 0.226 e. The summed E-state index contributed by atoms with van der Waals surface area (Å²) in [5, 5.41) is 8.22. The highest BCUT2D eigenvalue weighted by molar-refractivity contribution is 7.11. The topological polar surface area (TPSA) is 69.0 Å². The monoisotopic (exact) mass is 400 g/mol. The molecule has 0 unspecified atom stereocenters. The molecule has 0 spiro atoms. The number of amides is 1. The fourth-order valence-electron chi connectivity index (χ4n) is 3.39. The van der Waals surface area contributed by atoms with Crippen molar-refractivity contribution < 1.29 is 13.9 Å². The zero-order chi connectivity index (χ0) is 19.7. The maximum atomic E-state index is 13.2. The Morgan fingerprint density at radius 1 is 1.32 bits per heavy atom. The van der Waals surface area contributed by atoms with Crippen LogP contribution >= 0.6 is 11.3 Å². The van der Waals surface area contributed by atoms with Crippen molar-refractivity contribution >= 4 is 17.2 Å². The predicted molar refractivity (Wildman–Crippen MR) is 104 cm³/mol. The minimum Gasteiger partial charge on any atom is -0.371 e. The predicted octanol–water partition coefficient (Wildman–Crippen LogP) is 3.48. The lowest BCUT2D eigenvalue weighted by Gasteiger charge is -2.19. The highest BCUT2D eigenvalue weighted by Gasteiger charge is 2.37. The number of benzene rings is 1. The number of halogens is 1. The number of carbonyl (C=O) groups excluding carboxylic acids is 1. The number of rotatable bonds is 5. The molecule has 0 bridgehead atoms. The summed E-state index contributed by atoms with van der Waals surface area (Å²) in [6.45, 7) is 4.91. The molecular formula is C20H21FN4O2S. The van der Waals surface area contributed by atoms with E-state index >= 15 is 0 Å². The zero-order valence-corrected chi connectivity index (χ0v) is 16.5. The molecule has 8 heteroatoms. The molecule has 1 saturated heterocycles. The Labute approximate surface area is 166 Å². The van der Waals surface area contributed by atoms with E-state index in [1.807, 2.05) is 19.9 Å². The van der Waals surface area contributed by atoms with Crippen LogP contribution in [0.15, 0.2) is 36.5 Å². The number of nitrogens with one attached hydrogen (secondary N) is 1. The molecule has 0 radical (unpaired) electrons. The van der Waals surface area contributed by atoms with Gasteiger partial charge in [0.2, 0.25) is 5.91 Å². The van der Waals surface area contributed by atoms with E-state index in [9.17, 15) is 9.18 Å². The van der Waals surface area contributed by atoms with Gasteiger partial charge in [-0.1, -0.05) is 0 Å². The molecule has 1 N–H and O–H groups in total. The molecule has 4 rings (SSSR count). The highest BCUT2D eigenvalue weighted by atomic mass is 32.1. The van der Waals surface area contributed by atoms with Crippen LogP contribution in [0, 0.1) is 25.6 Å². The average molecular weight is 400 g/mol. The van der Waals surface area contributed by atoms with Crippen LogP contribution in [0.25, 0.3) is 5.69 Å². The van der Waals surface area contributed by atoms with Gasteiger partial charge in [0.25, 0.3) is 0 Å². The van der Waals surface area contributed by atoms with Gasteiger partial charge in [-0.3, -0.25) is 4.79 Å². The molecule has 1 fully saturated rings. The van der Waals surface area contributed by atoms with Gasteiger partial charge < -0.3 is 10.1 Å². The van der Waals surface area contributed by atoms with Crippen LogP contribution in [0.4, 0.5) is 4.39 Å². The third kappa shape index (κ3) is 3.70. The summed E-state index contributed by atoms with van der Waals surface area (Å²) in [5.41, 5.74) is 2.51. The first kappa shape index (κ1) is 18.8. The second-order valence-corrected chi connectivity index (χ2v) is 8.09. The second kappa shape index (κ2) is 7.81. The Morgan fingerprint density at radius 3 is 2.82 bits per heavy atom. The van der Waals surface area contributed by atoms with E-state index < -0.39 is 6.10 Å². The normalized spacial score (nSPS) is 19.1. The molecule has 28 heavy (non-hydrogen) atoms. The quantitative estimate of drug-likeness (QED) is 0.712. The van der Waals surface area contributed by atoms with Gasteiger partial charge in [-0.15, -0.1) is 11.3 Å². The zero-order valence-electron chi connectivity index (χ0n) is 15.7. The standard InChI is InChI=1S/C20H21FN4O2S/c1-12-13(2)28-18(24-12)11-22-20(26)16-8-10-27-19(16)17-7-9-23-25(17)15-5-3-14(21)4-6-15/h3-7,9,16,19H,8,10-11H2,1-2H3,(H,22,26)/t16-,19-/m0/s1. The molecule has 1 amide bonds. The Bertz CT molecular complexity index is 963. The molecule has 6 nitrogen and oxygen atoms in total. The Hall–Kier alpha value is -2.58. The summed E-state index contributed by atoms with van der Waals surface area (Å²) < 4.78 is 20.8. The molecule has 2 aromatic heterocycles. The van der Waals surface area contributed by atoms with Gasteiger partial charge >= 0.3 is 0 Å². The van der Waals surface area contributed by atoms with Crippen molar-refractivity contribution in [1.29, 1.82) is 0 Å². The lowest BCUT2D eigenvalue weighted by atomic mass is 9.98. The number of nitrogens with zero attached hydrogens (tertiary/aromatic N) is 3. The maximum absolute atomic E-state index is 13.2. The van der Waals surface area contributed by atoms with Gasteiger partial charge in [0, 0.05) is 17.7 Å². The van der Waals surface area contributed by atoms with Crippen molar-refractivity contribution in [3.05, 3.63) is 63.6 Å². The molecule has 1 aliphatic rings.